The number of carbonyl (C=O) groups is 4. The van der Waals surface area contributed by atoms with E-state index in [-0.39, 0.29) is 36.5 Å². The van der Waals surface area contributed by atoms with Gasteiger partial charge < -0.3 is 20.6 Å². The molecule has 1 aliphatic heterocycles. The van der Waals surface area contributed by atoms with Crippen LogP contribution >= 0.6 is 0 Å². The lowest BCUT2D eigenvalue weighted by Crippen LogP contribution is -2.57. The molecule has 2 aromatic rings. The van der Waals surface area contributed by atoms with Gasteiger partial charge in [-0.05, 0) is 60.1 Å². The maximum Gasteiger partial charge on any atom is 0.323 e. The third-order valence-electron chi connectivity index (χ3n) is 7.94. The fraction of sp³-hybridized carbons (Fsp3) is 0.484. The Kier molecular flexibility index (Phi) is 9.30. The summed E-state index contributed by atoms with van der Waals surface area (Å²) in [6.07, 6.45) is 3.02. The molecule has 220 valence electrons. The van der Waals surface area contributed by atoms with Crippen LogP contribution in [0.2, 0.25) is 0 Å². The van der Waals surface area contributed by atoms with Crippen LogP contribution in [-0.4, -0.2) is 64.0 Å². The van der Waals surface area contributed by atoms with Gasteiger partial charge in [-0.1, -0.05) is 58.2 Å². The summed E-state index contributed by atoms with van der Waals surface area (Å²) in [7, 11) is 0. The highest BCUT2D eigenvalue weighted by Crippen LogP contribution is 2.29. The van der Waals surface area contributed by atoms with Crippen molar-refractivity contribution in [3.8, 4) is 0 Å². The van der Waals surface area contributed by atoms with Crippen molar-refractivity contribution in [3.63, 3.8) is 0 Å². The lowest BCUT2D eigenvalue weighted by Gasteiger charge is -2.34. The van der Waals surface area contributed by atoms with Crippen LogP contribution in [-0.2, 0) is 15.0 Å². The molecule has 2 aliphatic rings. The van der Waals surface area contributed by atoms with Gasteiger partial charge in [-0.15, -0.1) is 0 Å². The van der Waals surface area contributed by atoms with Crippen LogP contribution in [0.5, 0.6) is 0 Å². The van der Waals surface area contributed by atoms with Crippen molar-refractivity contribution in [1.29, 1.82) is 0 Å². The van der Waals surface area contributed by atoms with Gasteiger partial charge in [-0.3, -0.25) is 19.3 Å². The molecule has 2 atom stereocenters. The first-order valence-electron chi connectivity index (χ1n) is 14.2. The van der Waals surface area contributed by atoms with Crippen LogP contribution in [0, 0.1) is 11.7 Å². The van der Waals surface area contributed by atoms with Gasteiger partial charge in [-0.25, -0.2) is 9.18 Å². The average molecular weight is 567 g/mol. The molecular weight excluding hydrogens is 527 g/mol. The normalized spacial score (nSPS) is 18.6. The minimum Gasteiger partial charge on any atom is -0.481 e. The molecule has 4 amide bonds. The molecular formula is C31H39FN4O5. The summed E-state index contributed by atoms with van der Waals surface area (Å²) in [5, 5.41) is 15.1. The Bertz CT molecular complexity index is 1270. The van der Waals surface area contributed by atoms with Crippen molar-refractivity contribution < 1.29 is 28.7 Å². The molecule has 41 heavy (non-hydrogen) atoms. The van der Waals surface area contributed by atoms with Crippen molar-refractivity contribution in [2.75, 3.05) is 18.4 Å². The summed E-state index contributed by atoms with van der Waals surface area (Å²) in [6, 6.07) is 11.3. The van der Waals surface area contributed by atoms with E-state index < -0.39 is 41.8 Å². The molecule has 2 aromatic carbocycles. The van der Waals surface area contributed by atoms with Crippen LogP contribution < -0.4 is 10.6 Å². The van der Waals surface area contributed by atoms with E-state index in [0.717, 1.165) is 43.7 Å². The lowest BCUT2D eigenvalue weighted by molar-refractivity contribution is -0.138. The van der Waals surface area contributed by atoms with Gasteiger partial charge in [0.15, 0.2) is 6.17 Å². The molecule has 0 aromatic heterocycles. The largest absolute Gasteiger partial charge is 0.481 e. The van der Waals surface area contributed by atoms with E-state index in [2.05, 4.69) is 31.4 Å². The highest BCUT2D eigenvalue weighted by molar-refractivity contribution is 6.00. The molecule has 0 radical (unpaired) electrons. The van der Waals surface area contributed by atoms with Crippen molar-refractivity contribution in [2.45, 2.75) is 76.9 Å². The van der Waals surface area contributed by atoms with Crippen LogP contribution in [0.1, 0.15) is 75.2 Å². The minimum atomic E-state index is -1.31. The summed E-state index contributed by atoms with van der Waals surface area (Å²) in [4.78, 5) is 55.2. The average Bonchev–Trinajstić information content (AvgIpc) is 3.38. The molecule has 3 N–H and O–H groups in total. The van der Waals surface area contributed by atoms with Gasteiger partial charge in [0, 0.05) is 30.4 Å². The maximum absolute atomic E-state index is 13.9. The number of anilines is 1. The third kappa shape index (κ3) is 7.42. The number of aliphatic carboxylic acids is 1. The summed E-state index contributed by atoms with van der Waals surface area (Å²) in [5.74, 6) is -2.60. The molecule has 1 heterocycles. The second kappa shape index (κ2) is 12.7. The topological polar surface area (TPSA) is 119 Å². The second-order valence-corrected chi connectivity index (χ2v) is 11.9. The fourth-order valence-corrected chi connectivity index (χ4v) is 5.69. The minimum absolute atomic E-state index is 0.00568. The lowest BCUT2D eigenvalue weighted by atomic mass is 9.82. The van der Waals surface area contributed by atoms with E-state index >= 15 is 0 Å². The van der Waals surface area contributed by atoms with Gasteiger partial charge in [0.25, 0.3) is 11.8 Å². The number of urea groups is 1. The maximum atomic E-state index is 13.9. The zero-order valence-electron chi connectivity index (χ0n) is 23.9. The highest BCUT2D eigenvalue weighted by Gasteiger charge is 2.44. The molecule has 10 heteroatoms. The Morgan fingerprint density at radius 2 is 1.63 bits per heavy atom. The molecule has 1 aliphatic carbocycles. The van der Waals surface area contributed by atoms with Crippen LogP contribution in [0.25, 0.3) is 0 Å². The van der Waals surface area contributed by atoms with Crippen LogP contribution in [0.15, 0.2) is 48.5 Å². The predicted octanol–water partition coefficient (Wildman–Crippen LogP) is 4.98. The monoisotopic (exact) mass is 566 g/mol. The summed E-state index contributed by atoms with van der Waals surface area (Å²) in [5.41, 5.74) is 1.52. The van der Waals surface area contributed by atoms with E-state index in [0.29, 0.717) is 5.56 Å². The van der Waals surface area contributed by atoms with Crippen molar-refractivity contribution in [2.24, 2.45) is 5.92 Å². The predicted molar refractivity (Wildman–Crippen MR) is 153 cm³/mol. The Labute approximate surface area is 240 Å². The molecule has 0 spiro atoms. The Hall–Kier alpha value is -3.95. The van der Waals surface area contributed by atoms with Gasteiger partial charge in [0.05, 0.1) is 6.42 Å². The molecule has 4 rings (SSSR count). The van der Waals surface area contributed by atoms with Gasteiger partial charge in [-0.2, -0.15) is 0 Å². The standard InChI is InChI=1S/C31H39FN4O5/c1-31(2,3)22-14-12-21(13-15-22)29(40)35-16-17-36(30(41)33-24-11-7-10-23(32)18-24)28(35)27(39)34-25(19-26(37)38)20-8-5-4-6-9-20/h7,10-15,18,20,25,28H,4-6,8-9,16-17,19H2,1-3H3,(H,33,41)(H,34,39)(H,37,38). The first-order chi connectivity index (χ1) is 19.4. The number of hydrogen-bond acceptors (Lipinski definition) is 4. The Morgan fingerprint density at radius 1 is 0.976 bits per heavy atom. The zero-order valence-corrected chi connectivity index (χ0v) is 23.9. The number of carboxylic acids is 1. The van der Waals surface area contributed by atoms with Crippen LogP contribution in [0.4, 0.5) is 14.9 Å². The smallest absolute Gasteiger partial charge is 0.323 e. The number of carboxylic acid groups (broad SMARTS) is 1. The van der Waals surface area contributed by atoms with Gasteiger partial charge in [0.2, 0.25) is 0 Å². The van der Waals surface area contributed by atoms with E-state index in [1.54, 1.807) is 12.1 Å². The number of benzene rings is 2. The first kappa shape index (κ1) is 30.0. The number of amides is 4. The second-order valence-electron chi connectivity index (χ2n) is 11.9. The summed E-state index contributed by atoms with van der Waals surface area (Å²) in [6.45, 7) is 6.37. The Morgan fingerprint density at radius 3 is 2.24 bits per heavy atom. The summed E-state index contributed by atoms with van der Waals surface area (Å²) < 4.78 is 13.8. The van der Waals surface area contributed by atoms with E-state index in [4.69, 9.17) is 0 Å². The van der Waals surface area contributed by atoms with E-state index in [9.17, 15) is 28.7 Å². The van der Waals surface area contributed by atoms with Crippen molar-refractivity contribution >= 4 is 29.5 Å². The molecule has 2 unspecified atom stereocenters. The highest BCUT2D eigenvalue weighted by atomic mass is 19.1. The van der Waals surface area contributed by atoms with Crippen LogP contribution in [0.3, 0.4) is 0 Å². The SMILES string of the molecule is CC(C)(C)c1ccc(C(=O)N2CCN(C(=O)Nc3cccc(F)c3)C2C(=O)NC(CC(=O)O)C2CCCCC2)cc1. The quantitative estimate of drug-likeness (QED) is 0.437. The third-order valence-corrected chi connectivity index (χ3v) is 7.94. The van der Waals surface area contributed by atoms with Gasteiger partial charge >= 0.3 is 12.0 Å². The number of rotatable bonds is 7. The van der Waals surface area contributed by atoms with E-state index in [1.807, 2.05) is 12.1 Å². The van der Waals surface area contributed by atoms with Gasteiger partial charge in [0.1, 0.15) is 5.82 Å². The van der Waals surface area contributed by atoms with Crippen molar-refractivity contribution in [3.05, 3.63) is 65.5 Å². The molecule has 0 bridgehead atoms. The molecule has 9 nitrogen and oxygen atoms in total. The molecule has 2 fully saturated rings. The number of carbonyl (C=O) groups excluding carboxylic acids is 3. The van der Waals surface area contributed by atoms with E-state index in [1.165, 1.54) is 28.0 Å². The zero-order chi connectivity index (χ0) is 29.7. The first-order valence-corrected chi connectivity index (χ1v) is 14.2. The molecule has 1 saturated heterocycles. The van der Waals surface area contributed by atoms with Crippen molar-refractivity contribution in [1.82, 2.24) is 15.1 Å². The molecule has 1 saturated carbocycles. The Balaban J connectivity index is 1.61. The number of nitrogens with one attached hydrogen (secondary N) is 2. The number of nitrogens with zero attached hydrogens (tertiary/aromatic N) is 2. The number of halogens is 1. The summed E-state index contributed by atoms with van der Waals surface area (Å²) >= 11 is 0. The fourth-order valence-electron chi connectivity index (χ4n) is 5.69. The number of hydrogen-bond donors (Lipinski definition) is 3.